The molecule has 1 aromatic carbocycles. The maximum atomic E-state index is 18.3. The van der Waals surface area contributed by atoms with Crippen LogP contribution in [0.5, 0.6) is 5.75 Å². The molecular formula is C39H49FN2O13. The number of halogens is 1. The van der Waals surface area contributed by atoms with Crippen LogP contribution < -0.4 is 0 Å². The molecule has 3 fully saturated rings. The zero-order chi connectivity index (χ0) is 41.1. The number of non-ortho nitro benzene ring substituents is 1. The number of Topliss-reactive ketones (excluding diaryl/α,β-unsaturated/α-hetero) is 1. The van der Waals surface area contributed by atoms with Gasteiger partial charge in [0.05, 0.1) is 15.9 Å². The lowest BCUT2D eigenvalue weighted by molar-refractivity contribution is -0.394. The molecule has 0 aliphatic heterocycles. The van der Waals surface area contributed by atoms with Gasteiger partial charge >= 0.3 is 23.6 Å². The van der Waals surface area contributed by atoms with Gasteiger partial charge in [-0.05, 0) is 63.2 Å². The molecule has 5 rings (SSSR count). The molecule has 1 N–H and O–H groups in total. The van der Waals surface area contributed by atoms with E-state index in [0.717, 1.165) is 18.6 Å². The standard InChI is InChI=1S/C33H45FO8.C6H4N2O5/c1-7-10-11-29(39)41-26-18-31(6)24(23-13-12-21-17-22(35)14-15-30(21,5)32(23,26)34)16-20(4)33(31,42-28(38)9-3)25(36)19-40-27(37)8-2;9-6-2-1-4(7(10)11)3-5(6)8(12)13/h14-15,17,20,23-24,26H,7-13,16,18-19H2,1-6H3;1-3,9H/t20-,23-,24-,26-,30-,31-,32?,33-;/m0./s1. The molecule has 1 unspecified atom stereocenters. The summed E-state index contributed by atoms with van der Waals surface area (Å²) in [5.41, 5.74) is -6.51. The van der Waals surface area contributed by atoms with Gasteiger partial charge in [-0.15, -0.1) is 0 Å². The van der Waals surface area contributed by atoms with Gasteiger partial charge in [0.25, 0.3) is 5.69 Å². The van der Waals surface area contributed by atoms with Crippen molar-refractivity contribution in [3.05, 3.63) is 62.2 Å². The summed E-state index contributed by atoms with van der Waals surface area (Å²) in [4.78, 5) is 83.3. The summed E-state index contributed by atoms with van der Waals surface area (Å²) >= 11 is 0. The molecule has 0 spiro atoms. The first kappa shape index (κ1) is 42.7. The predicted octanol–water partition coefficient (Wildman–Crippen LogP) is 6.77. The number of aromatic hydroxyl groups is 1. The van der Waals surface area contributed by atoms with E-state index in [1.807, 2.05) is 20.8 Å². The number of esters is 3. The van der Waals surface area contributed by atoms with Gasteiger partial charge in [-0.2, -0.15) is 0 Å². The van der Waals surface area contributed by atoms with Gasteiger partial charge in [-0.3, -0.25) is 44.2 Å². The maximum Gasteiger partial charge on any atom is 0.317 e. The molecule has 300 valence electrons. The number of ketones is 2. The van der Waals surface area contributed by atoms with E-state index in [4.69, 9.17) is 19.3 Å². The van der Waals surface area contributed by atoms with Crippen LogP contribution >= 0.6 is 0 Å². The first-order chi connectivity index (χ1) is 25.8. The number of phenols is 1. The van der Waals surface area contributed by atoms with Gasteiger partial charge in [-0.25, -0.2) is 4.39 Å². The number of nitro benzene ring substituents is 2. The van der Waals surface area contributed by atoms with Crippen LogP contribution in [0.15, 0.2) is 42.0 Å². The van der Waals surface area contributed by atoms with Crippen molar-refractivity contribution < 1.29 is 57.5 Å². The third kappa shape index (κ3) is 7.51. The predicted molar refractivity (Wildman–Crippen MR) is 193 cm³/mol. The summed E-state index contributed by atoms with van der Waals surface area (Å²) in [6.45, 7) is 10.1. The smallest absolute Gasteiger partial charge is 0.317 e. The molecule has 0 heterocycles. The number of carbonyl (C=O) groups excluding carboxylic acids is 5. The molecule has 8 atom stereocenters. The van der Waals surface area contributed by atoms with Crippen molar-refractivity contribution >= 4 is 40.8 Å². The average molecular weight is 773 g/mol. The summed E-state index contributed by atoms with van der Waals surface area (Å²) in [7, 11) is 0. The van der Waals surface area contributed by atoms with Crippen molar-refractivity contribution in [1.82, 2.24) is 0 Å². The Morgan fingerprint density at radius 2 is 1.67 bits per heavy atom. The summed E-state index contributed by atoms with van der Waals surface area (Å²) < 4.78 is 35.7. The van der Waals surface area contributed by atoms with E-state index < -0.39 is 103 Å². The minimum atomic E-state index is -2.07. The number of unbranched alkanes of at least 4 members (excludes halogenated alkanes) is 1. The third-order valence-electron chi connectivity index (χ3n) is 12.2. The SMILES string of the molecule is CCCCC(=O)O[C@H]1C[C@@]2(C)[C@@H](C[C@H](C)[C@]2(OC(=O)CC)C(=O)COC(=O)CC)[C@@H]2CCC3=CC(=O)C=C[C@]3(C)C12F.O=[N+]([O-])c1ccc(O)c([N+](=O)[O-])c1. The first-order valence-corrected chi connectivity index (χ1v) is 18.6. The van der Waals surface area contributed by atoms with E-state index in [-0.39, 0.29) is 31.5 Å². The number of carbonyl (C=O) groups is 5. The molecule has 4 aliphatic carbocycles. The Labute approximate surface area is 317 Å². The number of ether oxygens (including phenoxy) is 3. The maximum absolute atomic E-state index is 18.3. The van der Waals surface area contributed by atoms with Crippen molar-refractivity contribution in [2.24, 2.45) is 28.6 Å². The fourth-order valence-electron chi connectivity index (χ4n) is 9.41. The Bertz CT molecular complexity index is 1810. The van der Waals surface area contributed by atoms with E-state index >= 15 is 4.39 Å². The van der Waals surface area contributed by atoms with Gasteiger partial charge in [0.1, 0.15) is 6.10 Å². The van der Waals surface area contributed by atoms with Gasteiger partial charge in [0, 0.05) is 48.0 Å². The number of nitro groups is 2. The first-order valence-electron chi connectivity index (χ1n) is 18.6. The number of hydrogen-bond donors (Lipinski definition) is 1. The minimum absolute atomic E-state index is 0.0220. The highest BCUT2D eigenvalue weighted by atomic mass is 19.1. The monoisotopic (exact) mass is 772 g/mol. The van der Waals surface area contributed by atoms with E-state index in [2.05, 4.69) is 0 Å². The quantitative estimate of drug-likeness (QED) is 0.100. The number of rotatable bonds is 12. The Kier molecular flexibility index (Phi) is 12.7. The topological polar surface area (TPSA) is 220 Å². The minimum Gasteiger partial charge on any atom is -0.502 e. The van der Waals surface area contributed by atoms with Crippen LogP contribution in [0.2, 0.25) is 0 Å². The van der Waals surface area contributed by atoms with Crippen LogP contribution in [-0.2, 0) is 38.2 Å². The normalized spacial score (nSPS) is 31.6. The molecule has 0 amide bonds. The Morgan fingerprint density at radius 1 is 1.00 bits per heavy atom. The number of phenolic OH excluding ortho intramolecular Hbond substituents is 1. The average Bonchev–Trinajstić information content (AvgIpc) is 3.35. The van der Waals surface area contributed by atoms with Crippen LogP contribution in [0.4, 0.5) is 15.8 Å². The summed E-state index contributed by atoms with van der Waals surface area (Å²) in [5.74, 6) is -4.58. The van der Waals surface area contributed by atoms with E-state index in [9.17, 15) is 44.2 Å². The van der Waals surface area contributed by atoms with Crippen LogP contribution in [0.3, 0.4) is 0 Å². The zero-order valence-electron chi connectivity index (χ0n) is 32.0. The molecule has 3 saturated carbocycles. The van der Waals surface area contributed by atoms with Crippen molar-refractivity contribution in [2.75, 3.05) is 6.61 Å². The highest BCUT2D eigenvalue weighted by Gasteiger charge is 2.78. The van der Waals surface area contributed by atoms with Gasteiger partial charge in [-0.1, -0.05) is 52.7 Å². The summed E-state index contributed by atoms with van der Waals surface area (Å²) in [5, 5.41) is 29.3. The van der Waals surface area contributed by atoms with Gasteiger partial charge in [0.15, 0.2) is 29.4 Å². The van der Waals surface area contributed by atoms with Crippen LogP contribution in [0.1, 0.15) is 99.3 Å². The lowest BCUT2D eigenvalue weighted by atomic mass is 9.44. The molecular weight excluding hydrogens is 723 g/mol. The molecule has 1 aromatic rings. The van der Waals surface area contributed by atoms with Crippen LogP contribution in [0.25, 0.3) is 0 Å². The second-order valence-electron chi connectivity index (χ2n) is 15.2. The van der Waals surface area contributed by atoms with E-state index in [0.29, 0.717) is 37.3 Å². The fraction of sp³-hybridized carbons (Fsp3) is 0.615. The van der Waals surface area contributed by atoms with Gasteiger partial charge in [0.2, 0.25) is 5.78 Å². The molecule has 4 aliphatic rings. The number of hydrogen-bond acceptors (Lipinski definition) is 13. The summed E-state index contributed by atoms with van der Waals surface area (Å²) in [6, 6.07) is 2.61. The molecule has 16 heteroatoms. The zero-order valence-corrected chi connectivity index (χ0v) is 32.0. The van der Waals surface area contributed by atoms with Gasteiger partial charge < -0.3 is 19.3 Å². The highest BCUT2D eigenvalue weighted by molar-refractivity contribution is 6.01. The van der Waals surface area contributed by atoms with Crippen molar-refractivity contribution in [2.45, 2.75) is 117 Å². The number of benzene rings is 1. The Morgan fingerprint density at radius 3 is 2.27 bits per heavy atom. The lowest BCUT2D eigenvalue weighted by Gasteiger charge is -2.63. The molecule has 0 radical (unpaired) electrons. The van der Waals surface area contributed by atoms with E-state index in [1.165, 1.54) is 12.2 Å². The van der Waals surface area contributed by atoms with Crippen molar-refractivity contribution in [3.8, 4) is 5.75 Å². The highest BCUT2D eigenvalue weighted by Crippen LogP contribution is 2.72. The largest absolute Gasteiger partial charge is 0.502 e. The van der Waals surface area contributed by atoms with Crippen molar-refractivity contribution in [1.29, 1.82) is 0 Å². The molecule has 0 bridgehead atoms. The fourth-order valence-corrected chi connectivity index (χ4v) is 9.41. The van der Waals surface area contributed by atoms with Crippen molar-refractivity contribution in [3.63, 3.8) is 0 Å². The number of fused-ring (bicyclic) bond motifs is 5. The Hall–Kier alpha value is -5.02. The molecule has 0 aromatic heterocycles. The number of nitrogens with zero attached hydrogens (tertiary/aromatic N) is 2. The Balaban J connectivity index is 0.000000437. The van der Waals surface area contributed by atoms with E-state index in [1.54, 1.807) is 26.8 Å². The summed E-state index contributed by atoms with van der Waals surface area (Å²) in [6.07, 6.45) is 5.98. The molecule has 55 heavy (non-hydrogen) atoms. The third-order valence-corrected chi connectivity index (χ3v) is 12.2. The molecule has 0 saturated heterocycles. The van der Waals surface area contributed by atoms with Crippen LogP contribution in [0, 0.1) is 48.8 Å². The molecule has 15 nitrogen and oxygen atoms in total. The lowest BCUT2D eigenvalue weighted by Crippen LogP contribution is -2.70. The number of alkyl halides is 1. The number of allylic oxidation sites excluding steroid dienone is 4. The second-order valence-corrected chi connectivity index (χ2v) is 15.2. The second kappa shape index (κ2) is 16.4. The van der Waals surface area contributed by atoms with Crippen LogP contribution in [-0.4, -0.2) is 68.4 Å².